The van der Waals surface area contributed by atoms with E-state index in [0.29, 0.717) is 12.0 Å². The third-order valence-electron chi connectivity index (χ3n) is 3.49. The van der Waals surface area contributed by atoms with Gasteiger partial charge >= 0.3 is 0 Å². The van der Waals surface area contributed by atoms with Crippen molar-refractivity contribution in [1.29, 1.82) is 0 Å². The van der Waals surface area contributed by atoms with Crippen LogP contribution in [0.1, 0.15) is 41.5 Å². The predicted molar refractivity (Wildman–Crippen MR) is 86.2 cm³/mol. The average molecular weight is 273 g/mol. The second-order valence-electron chi connectivity index (χ2n) is 5.66. The molecule has 1 nitrogen and oxygen atoms in total. The second kappa shape index (κ2) is 5.79. The minimum Gasteiger partial charge on any atom is -0.377 e. The summed E-state index contributed by atoms with van der Waals surface area (Å²) in [5.41, 5.74) is 5.29. The molecule has 1 aromatic carbocycles. The van der Waals surface area contributed by atoms with Crippen molar-refractivity contribution in [3.8, 4) is 0 Å². The van der Waals surface area contributed by atoms with Gasteiger partial charge in [0.2, 0.25) is 0 Å². The first-order valence-corrected chi connectivity index (χ1v) is 7.74. The third-order valence-corrected chi connectivity index (χ3v) is 4.45. The molecule has 0 fully saturated rings. The molecule has 1 N–H and O–H groups in total. The molecule has 102 valence electrons. The van der Waals surface area contributed by atoms with Crippen molar-refractivity contribution >= 4 is 17.0 Å². The van der Waals surface area contributed by atoms with Crippen molar-refractivity contribution in [2.24, 2.45) is 5.92 Å². The van der Waals surface area contributed by atoms with Gasteiger partial charge in [0.25, 0.3) is 0 Å². The van der Waals surface area contributed by atoms with Gasteiger partial charge in [-0.3, -0.25) is 0 Å². The Balaban J connectivity index is 2.33. The van der Waals surface area contributed by atoms with E-state index in [9.17, 15) is 0 Å². The second-order valence-corrected chi connectivity index (χ2v) is 6.63. The summed E-state index contributed by atoms with van der Waals surface area (Å²) >= 11 is 1.83. The summed E-state index contributed by atoms with van der Waals surface area (Å²) in [7, 11) is 0. The molecule has 0 saturated carbocycles. The maximum atomic E-state index is 3.76. The molecule has 1 aromatic heterocycles. The van der Waals surface area contributed by atoms with Crippen LogP contribution in [0.15, 0.2) is 29.6 Å². The summed E-state index contributed by atoms with van der Waals surface area (Å²) in [6.45, 7) is 11.1. The van der Waals surface area contributed by atoms with Crippen LogP contribution in [0.5, 0.6) is 0 Å². The molecule has 0 spiro atoms. The normalized spacial score (nSPS) is 12.7. The van der Waals surface area contributed by atoms with E-state index < -0.39 is 0 Å². The van der Waals surface area contributed by atoms with Gasteiger partial charge in [0, 0.05) is 10.6 Å². The van der Waals surface area contributed by atoms with Crippen molar-refractivity contribution < 1.29 is 0 Å². The van der Waals surface area contributed by atoms with Crippen LogP contribution < -0.4 is 5.32 Å². The fraction of sp³-hybridized carbons (Fsp3) is 0.412. The summed E-state index contributed by atoms with van der Waals surface area (Å²) in [6.07, 6.45) is 0. The zero-order valence-corrected chi connectivity index (χ0v) is 13.3. The Hall–Kier alpha value is -1.28. The molecule has 2 heteroatoms. The first-order valence-electron chi connectivity index (χ1n) is 6.87. The Morgan fingerprint density at radius 3 is 2.16 bits per heavy atom. The van der Waals surface area contributed by atoms with Crippen LogP contribution >= 0.6 is 11.3 Å². The van der Waals surface area contributed by atoms with Gasteiger partial charge in [-0.25, -0.2) is 0 Å². The zero-order valence-electron chi connectivity index (χ0n) is 12.4. The quantitative estimate of drug-likeness (QED) is 0.777. The van der Waals surface area contributed by atoms with Crippen LogP contribution in [-0.2, 0) is 0 Å². The molecule has 1 heterocycles. The highest BCUT2D eigenvalue weighted by atomic mass is 32.1. The van der Waals surface area contributed by atoms with Crippen LogP contribution in [0.4, 0.5) is 5.69 Å². The van der Waals surface area contributed by atoms with E-state index in [1.165, 1.54) is 27.3 Å². The molecule has 0 aliphatic heterocycles. The number of hydrogen-bond donors (Lipinski definition) is 1. The van der Waals surface area contributed by atoms with Gasteiger partial charge in [0.05, 0.1) is 6.04 Å². The Labute approximate surface area is 120 Å². The summed E-state index contributed by atoms with van der Waals surface area (Å²) < 4.78 is 0. The lowest BCUT2D eigenvalue weighted by molar-refractivity contribution is 0.553. The van der Waals surface area contributed by atoms with Crippen LogP contribution in [-0.4, -0.2) is 0 Å². The van der Waals surface area contributed by atoms with Crippen molar-refractivity contribution in [1.82, 2.24) is 0 Å². The number of thiophene rings is 1. The van der Waals surface area contributed by atoms with E-state index >= 15 is 0 Å². The molecule has 1 atom stereocenters. The predicted octanol–water partition coefficient (Wildman–Crippen LogP) is 5.48. The largest absolute Gasteiger partial charge is 0.377 e. The standard InChI is InChI=1S/C17H23NS/c1-11(2)16(15-7-6-8-19-15)18-17-13(4)9-12(3)10-14(17)5/h6-11,16,18H,1-5H3. The van der Waals surface area contributed by atoms with Crippen LogP contribution in [0.3, 0.4) is 0 Å². The molecule has 0 bridgehead atoms. The maximum Gasteiger partial charge on any atom is 0.0629 e. The Bertz CT molecular complexity index is 517. The average Bonchev–Trinajstić information content (AvgIpc) is 2.80. The lowest BCUT2D eigenvalue weighted by Crippen LogP contribution is -2.17. The molecule has 1 unspecified atom stereocenters. The SMILES string of the molecule is Cc1cc(C)c(NC(c2cccs2)C(C)C)c(C)c1. The molecule has 0 amide bonds. The fourth-order valence-corrected chi connectivity index (χ4v) is 3.55. The van der Waals surface area contributed by atoms with Crippen LogP contribution in [0, 0.1) is 26.7 Å². The topological polar surface area (TPSA) is 12.0 Å². The van der Waals surface area contributed by atoms with E-state index in [2.05, 4.69) is 69.6 Å². The van der Waals surface area contributed by atoms with Crippen molar-refractivity contribution in [3.63, 3.8) is 0 Å². The number of nitrogens with one attached hydrogen (secondary N) is 1. The molecule has 0 saturated heterocycles. The monoisotopic (exact) mass is 273 g/mol. The highest BCUT2D eigenvalue weighted by Crippen LogP contribution is 2.32. The van der Waals surface area contributed by atoms with E-state index in [1.54, 1.807) is 0 Å². The van der Waals surface area contributed by atoms with Gasteiger partial charge in [0.1, 0.15) is 0 Å². The lowest BCUT2D eigenvalue weighted by atomic mass is 9.99. The maximum absolute atomic E-state index is 3.76. The Morgan fingerprint density at radius 1 is 1.05 bits per heavy atom. The number of anilines is 1. The third kappa shape index (κ3) is 3.19. The minimum atomic E-state index is 0.389. The van der Waals surface area contributed by atoms with Crippen LogP contribution in [0.2, 0.25) is 0 Å². The van der Waals surface area contributed by atoms with Gasteiger partial charge < -0.3 is 5.32 Å². The Morgan fingerprint density at radius 2 is 1.68 bits per heavy atom. The summed E-state index contributed by atoms with van der Waals surface area (Å²) in [5.74, 6) is 0.568. The van der Waals surface area contributed by atoms with E-state index in [0.717, 1.165) is 0 Å². The molecule has 19 heavy (non-hydrogen) atoms. The van der Waals surface area contributed by atoms with E-state index in [4.69, 9.17) is 0 Å². The number of rotatable bonds is 4. The summed E-state index contributed by atoms with van der Waals surface area (Å²) in [6, 6.07) is 9.25. The highest BCUT2D eigenvalue weighted by molar-refractivity contribution is 7.10. The molecule has 0 aliphatic rings. The van der Waals surface area contributed by atoms with Gasteiger partial charge in [-0.1, -0.05) is 37.6 Å². The molecule has 0 aliphatic carbocycles. The number of benzene rings is 1. The molecule has 2 rings (SSSR count). The Kier molecular flexibility index (Phi) is 4.31. The zero-order chi connectivity index (χ0) is 14.0. The first-order chi connectivity index (χ1) is 8.99. The van der Waals surface area contributed by atoms with Crippen molar-refractivity contribution in [2.75, 3.05) is 5.32 Å². The molecular formula is C17H23NS. The fourth-order valence-electron chi connectivity index (χ4n) is 2.60. The van der Waals surface area contributed by atoms with Gasteiger partial charge in [-0.2, -0.15) is 0 Å². The molecule has 2 aromatic rings. The molecule has 0 radical (unpaired) electrons. The first kappa shape index (κ1) is 14.1. The van der Waals surface area contributed by atoms with Gasteiger partial charge in [-0.05, 0) is 49.3 Å². The molecular weight excluding hydrogens is 250 g/mol. The minimum absolute atomic E-state index is 0.389. The summed E-state index contributed by atoms with van der Waals surface area (Å²) in [4.78, 5) is 1.41. The lowest BCUT2D eigenvalue weighted by Gasteiger charge is -2.25. The van der Waals surface area contributed by atoms with Gasteiger partial charge in [0.15, 0.2) is 0 Å². The highest BCUT2D eigenvalue weighted by Gasteiger charge is 2.18. The summed E-state index contributed by atoms with van der Waals surface area (Å²) in [5, 5.41) is 5.91. The van der Waals surface area contributed by atoms with Crippen molar-refractivity contribution in [3.05, 3.63) is 51.2 Å². The van der Waals surface area contributed by atoms with E-state index in [1.807, 2.05) is 11.3 Å². The van der Waals surface area contributed by atoms with E-state index in [-0.39, 0.29) is 0 Å². The van der Waals surface area contributed by atoms with Crippen LogP contribution in [0.25, 0.3) is 0 Å². The number of hydrogen-bond acceptors (Lipinski definition) is 2. The van der Waals surface area contributed by atoms with Gasteiger partial charge in [-0.15, -0.1) is 11.3 Å². The van der Waals surface area contributed by atoms with Crippen molar-refractivity contribution in [2.45, 2.75) is 40.7 Å². The number of aryl methyl sites for hydroxylation is 3. The smallest absolute Gasteiger partial charge is 0.0629 e.